The van der Waals surface area contributed by atoms with Crippen LogP contribution in [-0.2, 0) is 11.8 Å². The Kier molecular flexibility index (Phi) is 3.35. The molecule has 1 N–H and O–H groups in total. The Hall–Kier alpha value is -2.77. The Bertz CT molecular complexity index is 991. The molecule has 1 amide bonds. The summed E-state index contributed by atoms with van der Waals surface area (Å²) in [4.78, 5) is 24.2. The van der Waals surface area contributed by atoms with Crippen LogP contribution in [0.3, 0.4) is 0 Å². The second kappa shape index (κ2) is 5.62. The minimum absolute atomic E-state index is 0.0138. The van der Waals surface area contributed by atoms with E-state index in [9.17, 15) is 4.79 Å². The molecule has 1 saturated carbocycles. The van der Waals surface area contributed by atoms with Gasteiger partial charge in [-0.2, -0.15) is 10.2 Å². The molecule has 3 aromatic heterocycles. The third-order valence-electron chi connectivity index (χ3n) is 5.85. The summed E-state index contributed by atoms with van der Waals surface area (Å²) in [5, 5.41) is 11.6. The highest BCUT2D eigenvalue weighted by molar-refractivity contribution is 5.88. The topological polar surface area (TPSA) is 92.6 Å². The van der Waals surface area contributed by atoms with Crippen molar-refractivity contribution in [2.24, 2.45) is 18.9 Å². The van der Waals surface area contributed by atoms with E-state index in [0.29, 0.717) is 5.92 Å². The van der Waals surface area contributed by atoms with Crippen LogP contribution in [0.1, 0.15) is 31.5 Å². The van der Waals surface area contributed by atoms with Gasteiger partial charge in [0.1, 0.15) is 22.6 Å². The van der Waals surface area contributed by atoms with Crippen molar-refractivity contribution in [3.05, 3.63) is 24.4 Å². The number of rotatable bonds is 3. The number of piperidine rings is 1. The number of carbonyl (C=O) groups is 1. The number of hydrogen-bond donors (Lipinski definition) is 1. The predicted molar refractivity (Wildman–Crippen MR) is 95.1 cm³/mol. The van der Waals surface area contributed by atoms with Crippen molar-refractivity contribution in [3.63, 3.8) is 0 Å². The van der Waals surface area contributed by atoms with Gasteiger partial charge in [0, 0.05) is 43.7 Å². The lowest BCUT2D eigenvalue weighted by Gasteiger charge is -2.36. The van der Waals surface area contributed by atoms with Gasteiger partial charge in [0.05, 0.1) is 12.4 Å². The van der Waals surface area contributed by atoms with Gasteiger partial charge in [-0.05, 0) is 25.7 Å². The predicted octanol–water partition coefficient (Wildman–Crippen LogP) is 1.73. The standard InChI is InChI=1S/C18H21N7O/c1-3-25-9-10-4-5-12(18(25)26)14(10)17-19-7-13-16(21-17)15(23-22-13)11-6-20-24(2)8-11/h6-8,10,12,14H,3-5,9H2,1-2H3,(H,22,23). The molecule has 2 bridgehead atoms. The molecule has 8 nitrogen and oxygen atoms in total. The van der Waals surface area contributed by atoms with Crippen molar-refractivity contribution >= 4 is 16.9 Å². The molecule has 0 spiro atoms. The maximum absolute atomic E-state index is 12.7. The molecule has 0 radical (unpaired) electrons. The van der Waals surface area contributed by atoms with Gasteiger partial charge in [0.2, 0.25) is 5.91 Å². The van der Waals surface area contributed by atoms with E-state index in [4.69, 9.17) is 4.98 Å². The average molecular weight is 351 g/mol. The molecule has 1 saturated heterocycles. The first-order valence-corrected chi connectivity index (χ1v) is 9.14. The summed E-state index contributed by atoms with van der Waals surface area (Å²) >= 11 is 0. The fourth-order valence-electron chi connectivity index (χ4n) is 4.58. The molecule has 26 heavy (non-hydrogen) atoms. The zero-order valence-corrected chi connectivity index (χ0v) is 14.9. The van der Waals surface area contributed by atoms with Gasteiger partial charge in [-0.1, -0.05) is 0 Å². The quantitative estimate of drug-likeness (QED) is 0.776. The Balaban J connectivity index is 1.57. The molecule has 0 aromatic carbocycles. The van der Waals surface area contributed by atoms with Gasteiger partial charge < -0.3 is 4.90 Å². The number of aromatic nitrogens is 6. The van der Waals surface area contributed by atoms with Gasteiger partial charge in [0.25, 0.3) is 0 Å². The first-order valence-electron chi connectivity index (χ1n) is 9.14. The fraction of sp³-hybridized carbons (Fsp3) is 0.500. The normalized spacial score (nSPS) is 25.4. The number of nitrogens with one attached hydrogen (secondary N) is 1. The van der Waals surface area contributed by atoms with Crippen LogP contribution in [0.2, 0.25) is 0 Å². The summed E-state index contributed by atoms with van der Waals surface area (Å²) in [6.07, 6.45) is 7.50. The number of H-pyrrole nitrogens is 1. The van der Waals surface area contributed by atoms with Crippen LogP contribution >= 0.6 is 0 Å². The minimum atomic E-state index is 0.0138. The van der Waals surface area contributed by atoms with Crippen molar-refractivity contribution < 1.29 is 4.79 Å². The van der Waals surface area contributed by atoms with Crippen molar-refractivity contribution in [3.8, 4) is 11.3 Å². The van der Waals surface area contributed by atoms with Gasteiger partial charge in [-0.15, -0.1) is 0 Å². The van der Waals surface area contributed by atoms with Crippen molar-refractivity contribution in [2.45, 2.75) is 25.7 Å². The maximum Gasteiger partial charge on any atom is 0.226 e. The molecule has 3 atom stereocenters. The molecule has 3 aromatic rings. The lowest BCUT2D eigenvalue weighted by molar-refractivity contribution is -0.138. The van der Waals surface area contributed by atoms with E-state index >= 15 is 0 Å². The molecule has 2 fully saturated rings. The number of fused-ring (bicyclic) bond motifs is 3. The highest BCUT2D eigenvalue weighted by Crippen LogP contribution is 2.47. The molecular formula is C18H21N7O. The largest absolute Gasteiger partial charge is 0.342 e. The summed E-state index contributed by atoms with van der Waals surface area (Å²) < 4.78 is 1.75. The second-order valence-corrected chi connectivity index (χ2v) is 7.31. The zero-order valence-electron chi connectivity index (χ0n) is 14.9. The zero-order chi connectivity index (χ0) is 17.8. The molecule has 8 heteroatoms. The number of nitrogens with zero attached hydrogens (tertiary/aromatic N) is 6. The number of amides is 1. The van der Waals surface area contributed by atoms with E-state index in [1.807, 2.05) is 25.1 Å². The van der Waals surface area contributed by atoms with E-state index in [1.54, 1.807) is 17.1 Å². The van der Waals surface area contributed by atoms with Crippen molar-refractivity contribution in [2.75, 3.05) is 13.1 Å². The lowest BCUT2D eigenvalue weighted by atomic mass is 9.83. The van der Waals surface area contributed by atoms with Crippen LogP contribution in [0.15, 0.2) is 18.6 Å². The molecular weight excluding hydrogens is 330 g/mol. The number of aryl methyl sites for hydroxylation is 1. The Labute approximate surface area is 150 Å². The third kappa shape index (κ3) is 2.17. The van der Waals surface area contributed by atoms with Crippen LogP contribution < -0.4 is 0 Å². The molecule has 2 aliphatic rings. The number of carbonyl (C=O) groups excluding carboxylic acids is 1. The van der Waals surface area contributed by atoms with Crippen LogP contribution in [-0.4, -0.2) is 53.8 Å². The van der Waals surface area contributed by atoms with Crippen LogP contribution in [0.4, 0.5) is 0 Å². The summed E-state index contributed by atoms with van der Waals surface area (Å²) in [5.41, 5.74) is 3.30. The summed E-state index contributed by atoms with van der Waals surface area (Å²) in [6.45, 7) is 3.65. The minimum Gasteiger partial charge on any atom is -0.342 e. The van der Waals surface area contributed by atoms with Crippen LogP contribution in [0, 0.1) is 11.8 Å². The molecule has 134 valence electrons. The van der Waals surface area contributed by atoms with E-state index in [0.717, 1.165) is 54.0 Å². The number of likely N-dealkylation sites (tertiary alicyclic amines) is 1. The monoisotopic (exact) mass is 351 g/mol. The van der Waals surface area contributed by atoms with Crippen LogP contribution in [0.5, 0.6) is 0 Å². The second-order valence-electron chi connectivity index (χ2n) is 7.31. The van der Waals surface area contributed by atoms with E-state index in [-0.39, 0.29) is 17.7 Å². The molecule has 4 heterocycles. The van der Waals surface area contributed by atoms with Crippen molar-refractivity contribution in [1.29, 1.82) is 0 Å². The number of aromatic amines is 1. The van der Waals surface area contributed by atoms with Crippen LogP contribution in [0.25, 0.3) is 22.3 Å². The highest BCUT2D eigenvalue weighted by atomic mass is 16.2. The Morgan fingerprint density at radius 1 is 1.31 bits per heavy atom. The highest BCUT2D eigenvalue weighted by Gasteiger charge is 2.48. The SMILES string of the molecule is CCN1CC2CCC(C1=O)C2c1ncc2[nH]nc(-c3cnn(C)c3)c2n1. The van der Waals surface area contributed by atoms with Gasteiger partial charge in [-0.3, -0.25) is 14.6 Å². The van der Waals surface area contributed by atoms with Gasteiger partial charge in [0.15, 0.2) is 0 Å². The fourth-order valence-corrected chi connectivity index (χ4v) is 4.58. The molecule has 1 aliphatic heterocycles. The van der Waals surface area contributed by atoms with E-state index < -0.39 is 0 Å². The van der Waals surface area contributed by atoms with E-state index in [1.165, 1.54) is 0 Å². The average Bonchev–Trinajstić information content (AvgIpc) is 3.33. The first-order chi connectivity index (χ1) is 12.7. The summed E-state index contributed by atoms with van der Waals surface area (Å²) in [6, 6.07) is 0. The first kappa shape index (κ1) is 15.5. The van der Waals surface area contributed by atoms with Gasteiger partial charge >= 0.3 is 0 Å². The summed E-state index contributed by atoms with van der Waals surface area (Å²) in [5.74, 6) is 1.62. The number of hydrogen-bond acceptors (Lipinski definition) is 5. The molecule has 3 unspecified atom stereocenters. The van der Waals surface area contributed by atoms with Crippen molar-refractivity contribution in [1.82, 2.24) is 34.8 Å². The maximum atomic E-state index is 12.7. The summed E-state index contributed by atoms with van der Waals surface area (Å²) in [7, 11) is 1.88. The van der Waals surface area contributed by atoms with Gasteiger partial charge in [-0.25, -0.2) is 9.97 Å². The lowest BCUT2D eigenvalue weighted by Crippen LogP contribution is -2.45. The van der Waals surface area contributed by atoms with E-state index in [2.05, 4.69) is 20.3 Å². The molecule has 1 aliphatic carbocycles. The smallest absolute Gasteiger partial charge is 0.226 e. The Morgan fingerprint density at radius 2 is 2.19 bits per heavy atom. The Morgan fingerprint density at radius 3 is 2.96 bits per heavy atom. The third-order valence-corrected chi connectivity index (χ3v) is 5.85. The molecule has 5 rings (SSSR count).